The monoisotopic (exact) mass is 340 g/mol. The average molecular weight is 340 g/mol. The van der Waals surface area contributed by atoms with E-state index in [2.05, 4.69) is 9.72 Å². The second-order valence-corrected chi connectivity index (χ2v) is 4.83. The zero-order valence-corrected chi connectivity index (χ0v) is 12.8. The second kappa shape index (κ2) is 7.02. The number of anilines is 1. The van der Waals surface area contributed by atoms with Crippen molar-refractivity contribution in [3.05, 3.63) is 52.1 Å². The molecule has 0 amide bonds. The summed E-state index contributed by atoms with van der Waals surface area (Å²) in [6.07, 6.45) is 2.41. The van der Waals surface area contributed by atoms with E-state index in [4.69, 9.17) is 0 Å². The summed E-state index contributed by atoms with van der Waals surface area (Å²) >= 11 is 0. The number of nitro groups is 1. The van der Waals surface area contributed by atoms with Crippen molar-refractivity contribution in [1.82, 2.24) is 9.55 Å². The molecule has 8 nitrogen and oxygen atoms in total. The number of rotatable bonds is 6. The lowest BCUT2D eigenvalue weighted by atomic mass is 10.1. The SMILES string of the molecule is COC(=O)c1cc(N(C)Cc2nccn2C(F)F)ccc1[N+](=O)[O-]. The third-order valence-corrected chi connectivity index (χ3v) is 3.36. The molecule has 1 aromatic heterocycles. The average Bonchev–Trinajstić information content (AvgIpc) is 3.01. The number of ether oxygens (including phenoxy) is 1. The van der Waals surface area contributed by atoms with Gasteiger partial charge in [0.15, 0.2) is 0 Å². The lowest BCUT2D eigenvalue weighted by Crippen LogP contribution is -2.20. The van der Waals surface area contributed by atoms with Crippen LogP contribution in [0.5, 0.6) is 0 Å². The van der Waals surface area contributed by atoms with E-state index in [-0.39, 0.29) is 17.9 Å². The Kier molecular flexibility index (Phi) is 5.07. The van der Waals surface area contributed by atoms with Gasteiger partial charge in [0.2, 0.25) is 0 Å². The summed E-state index contributed by atoms with van der Waals surface area (Å²) in [5.74, 6) is -0.739. The highest BCUT2D eigenvalue weighted by atomic mass is 19.3. The molecule has 1 aromatic carbocycles. The van der Waals surface area contributed by atoms with Crippen LogP contribution in [0.25, 0.3) is 0 Å². The summed E-state index contributed by atoms with van der Waals surface area (Å²) in [5, 5.41) is 11.0. The van der Waals surface area contributed by atoms with Crippen LogP contribution in [0, 0.1) is 10.1 Å². The zero-order chi connectivity index (χ0) is 17.9. The number of halogens is 2. The van der Waals surface area contributed by atoms with E-state index in [1.807, 2.05) is 0 Å². The maximum absolute atomic E-state index is 12.8. The highest BCUT2D eigenvalue weighted by Gasteiger charge is 2.22. The van der Waals surface area contributed by atoms with Crippen LogP contribution in [0.4, 0.5) is 20.2 Å². The van der Waals surface area contributed by atoms with Crippen LogP contribution in [-0.4, -0.2) is 34.6 Å². The first-order chi connectivity index (χ1) is 11.3. The van der Waals surface area contributed by atoms with E-state index < -0.39 is 23.1 Å². The number of aromatic nitrogens is 2. The maximum atomic E-state index is 12.8. The van der Waals surface area contributed by atoms with E-state index in [0.29, 0.717) is 10.3 Å². The largest absolute Gasteiger partial charge is 0.465 e. The molecule has 2 rings (SSSR count). The number of carbonyl (C=O) groups excluding carboxylic acids is 1. The number of imidazole rings is 1. The lowest BCUT2D eigenvalue weighted by Gasteiger charge is -2.20. The van der Waals surface area contributed by atoms with Gasteiger partial charge in [0.05, 0.1) is 18.6 Å². The van der Waals surface area contributed by atoms with Crippen LogP contribution in [0.1, 0.15) is 22.7 Å². The van der Waals surface area contributed by atoms with Crippen LogP contribution in [0.3, 0.4) is 0 Å². The van der Waals surface area contributed by atoms with Gasteiger partial charge in [-0.25, -0.2) is 9.78 Å². The molecule has 0 unspecified atom stereocenters. The fourth-order valence-electron chi connectivity index (χ4n) is 2.14. The summed E-state index contributed by atoms with van der Waals surface area (Å²) in [6.45, 7) is -2.70. The Bertz CT molecular complexity index is 763. The molecule has 24 heavy (non-hydrogen) atoms. The Morgan fingerprint density at radius 2 is 2.21 bits per heavy atom. The highest BCUT2D eigenvalue weighted by molar-refractivity contribution is 5.95. The number of carbonyl (C=O) groups is 1. The van der Waals surface area contributed by atoms with Crippen LogP contribution in [-0.2, 0) is 11.3 Å². The molecule has 10 heteroatoms. The van der Waals surface area contributed by atoms with Gasteiger partial charge in [-0.05, 0) is 12.1 Å². The minimum Gasteiger partial charge on any atom is -0.465 e. The minimum absolute atomic E-state index is 0.0236. The van der Waals surface area contributed by atoms with Crippen molar-refractivity contribution in [2.75, 3.05) is 19.1 Å². The third-order valence-electron chi connectivity index (χ3n) is 3.36. The summed E-state index contributed by atoms with van der Waals surface area (Å²) in [7, 11) is 2.70. The zero-order valence-electron chi connectivity index (χ0n) is 12.8. The van der Waals surface area contributed by atoms with Gasteiger partial charge >= 0.3 is 12.5 Å². The summed E-state index contributed by atoms with van der Waals surface area (Å²) in [6, 6.07) is 3.86. The van der Waals surface area contributed by atoms with Gasteiger partial charge in [0.25, 0.3) is 5.69 Å². The Labute approximate surface area is 135 Å². The molecule has 0 aliphatic rings. The van der Waals surface area contributed by atoms with Crippen molar-refractivity contribution in [2.45, 2.75) is 13.1 Å². The van der Waals surface area contributed by atoms with Crippen LogP contribution >= 0.6 is 0 Å². The van der Waals surface area contributed by atoms with Crippen molar-refractivity contribution in [1.29, 1.82) is 0 Å². The van der Waals surface area contributed by atoms with Gasteiger partial charge in [0, 0.05) is 31.2 Å². The van der Waals surface area contributed by atoms with Crippen molar-refractivity contribution < 1.29 is 23.2 Å². The van der Waals surface area contributed by atoms with E-state index in [9.17, 15) is 23.7 Å². The van der Waals surface area contributed by atoms with Crippen molar-refractivity contribution in [3.8, 4) is 0 Å². The minimum atomic E-state index is -2.72. The molecule has 0 radical (unpaired) electrons. The van der Waals surface area contributed by atoms with Crippen molar-refractivity contribution in [2.24, 2.45) is 0 Å². The number of benzene rings is 1. The number of esters is 1. The lowest BCUT2D eigenvalue weighted by molar-refractivity contribution is -0.385. The molecule has 0 aliphatic heterocycles. The number of alkyl halides is 2. The fraction of sp³-hybridized carbons (Fsp3) is 0.286. The standard InChI is InChI=1S/C14H14F2N4O4/c1-18(8-12-17-5-6-19(12)14(15)16)9-3-4-11(20(22)23)10(7-9)13(21)24-2/h3-7,14H,8H2,1-2H3. The van der Waals surface area contributed by atoms with Gasteiger partial charge in [0.1, 0.15) is 11.4 Å². The molecule has 0 atom stereocenters. The number of hydrogen-bond acceptors (Lipinski definition) is 6. The Balaban J connectivity index is 2.32. The second-order valence-electron chi connectivity index (χ2n) is 4.83. The van der Waals surface area contributed by atoms with Crippen molar-refractivity contribution in [3.63, 3.8) is 0 Å². The molecule has 0 N–H and O–H groups in total. The topological polar surface area (TPSA) is 90.5 Å². The summed E-state index contributed by atoms with van der Waals surface area (Å²) in [5.41, 5.74) is -0.193. The van der Waals surface area contributed by atoms with Gasteiger partial charge in [-0.2, -0.15) is 8.78 Å². The van der Waals surface area contributed by atoms with Gasteiger partial charge in [-0.1, -0.05) is 0 Å². The smallest absolute Gasteiger partial charge is 0.344 e. The molecule has 0 saturated carbocycles. The highest BCUT2D eigenvalue weighted by Crippen LogP contribution is 2.26. The fourth-order valence-corrected chi connectivity index (χ4v) is 2.14. The normalized spacial score (nSPS) is 10.7. The first kappa shape index (κ1) is 17.3. The van der Waals surface area contributed by atoms with Crippen molar-refractivity contribution >= 4 is 17.3 Å². The summed E-state index contributed by atoms with van der Waals surface area (Å²) in [4.78, 5) is 27.4. The predicted molar refractivity (Wildman–Crippen MR) is 80.0 cm³/mol. The molecule has 2 aromatic rings. The van der Waals surface area contributed by atoms with Crippen LogP contribution < -0.4 is 4.90 Å². The Morgan fingerprint density at radius 3 is 2.79 bits per heavy atom. The quantitative estimate of drug-likeness (QED) is 0.456. The number of nitro benzene ring substituents is 1. The van der Waals surface area contributed by atoms with Crippen LogP contribution in [0.2, 0.25) is 0 Å². The van der Waals surface area contributed by atoms with Gasteiger partial charge < -0.3 is 9.64 Å². The van der Waals surface area contributed by atoms with E-state index in [1.165, 1.54) is 23.2 Å². The molecular formula is C14H14F2N4O4. The number of nitrogens with zero attached hydrogens (tertiary/aromatic N) is 4. The first-order valence-electron chi connectivity index (χ1n) is 6.73. The molecule has 0 bridgehead atoms. The molecule has 0 saturated heterocycles. The molecule has 128 valence electrons. The van der Waals surface area contributed by atoms with Crippen LogP contribution in [0.15, 0.2) is 30.6 Å². The Morgan fingerprint density at radius 1 is 1.50 bits per heavy atom. The third kappa shape index (κ3) is 3.47. The van der Waals surface area contributed by atoms with Gasteiger partial charge in [-0.15, -0.1) is 0 Å². The predicted octanol–water partition coefficient (Wildman–Crippen LogP) is 2.61. The van der Waals surface area contributed by atoms with Gasteiger partial charge in [-0.3, -0.25) is 14.7 Å². The molecule has 0 spiro atoms. The van der Waals surface area contributed by atoms with E-state index >= 15 is 0 Å². The number of methoxy groups -OCH3 is 1. The molecule has 1 heterocycles. The maximum Gasteiger partial charge on any atom is 0.344 e. The molecular weight excluding hydrogens is 326 g/mol. The summed E-state index contributed by atoms with van der Waals surface area (Å²) < 4.78 is 30.9. The van der Waals surface area contributed by atoms with E-state index in [0.717, 1.165) is 19.4 Å². The molecule has 0 aliphatic carbocycles. The van der Waals surface area contributed by atoms with E-state index in [1.54, 1.807) is 7.05 Å². The Hall–Kier alpha value is -3.04. The number of hydrogen-bond donors (Lipinski definition) is 0. The first-order valence-corrected chi connectivity index (χ1v) is 6.73. The molecule has 0 fully saturated rings.